The highest BCUT2D eigenvalue weighted by atomic mass is 32.1. The van der Waals surface area contributed by atoms with Gasteiger partial charge in [0.15, 0.2) is 5.69 Å². The minimum Gasteiger partial charge on any atom is -0.497 e. The lowest BCUT2D eigenvalue weighted by Gasteiger charge is -2.17. The molecule has 1 saturated heterocycles. The van der Waals surface area contributed by atoms with Gasteiger partial charge in [-0.25, -0.2) is 9.18 Å². The third-order valence-corrected chi connectivity index (χ3v) is 7.19. The molecule has 0 saturated carbocycles. The molecule has 200 valence electrons. The lowest BCUT2D eigenvalue weighted by Crippen LogP contribution is -2.29. The van der Waals surface area contributed by atoms with Crippen LogP contribution in [0.4, 0.5) is 15.1 Å². The number of nitrogens with one attached hydrogen (secondary N) is 1. The summed E-state index contributed by atoms with van der Waals surface area (Å²) in [6, 6.07) is 12.1. The second-order valence-electron chi connectivity index (χ2n) is 8.71. The molecule has 4 aromatic rings. The highest BCUT2D eigenvalue weighted by molar-refractivity contribution is 7.16. The van der Waals surface area contributed by atoms with Crippen molar-refractivity contribution < 1.29 is 28.2 Å². The van der Waals surface area contributed by atoms with Crippen LogP contribution in [0.2, 0.25) is 0 Å². The Balaban J connectivity index is 1.48. The van der Waals surface area contributed by atoms with Gasteiger partial charge in [0.05, 0.1) is 30.7 Å². The van der Waals surface area contributed by atoms with Gasteiger partial charge in [-0.2, -0.15) is 9.78 Å². The Kier molecular flexibility index (Phi) is 7.11. The first-order valence-electron chi connectivity index (χ1n) is 12.0. The molecule has 5 rings (SSSR count). The number of carbonyl (C=O) groups excluding carboxylic acids is 3. The maximum Gasteiger partial charge on any atom is 0.359 e. The van der Waals surface area contributed by atoms with Crippen LogP contribution in [-0.4, -0.2) is 47.8 Å². The minimum atomic E-state index is -0.764. The van der Waals surface area contributed by atoms with Crippen LogP contribution < -0.4 is 20.5 Å². The van der Waals surface area contributed by atoms with Crippen molar-refractivity contribution in [2.45, 2.75) is 13.3 Å². The summed E-state index contributed by atoms with van der Waals surface area (Å²) in [5.74, 6) is -2.05. The zero-order chi connectivity index (χ0) is 27.7. The molecular weight excluding hydrogens is 527 g/mol. The number of thiophene rings is 1. The first kappa shape index (κ1) is 26.0. The average Bonchev–Trinajstić information content (AvgIpc) is 3.53. The quantitative estimate of drug-likeness (QED) is 0.348. The van der Waals surface area contributed by atoms with Gasteiger partial charge in [-0.05, 0) is 49.4 Å². The number of halogens is 1. The zero-order valence-corrected chi connectivity index (χ0v) is 21.8. The van der Waals surface area contributed by atoms with Crippen molar-refractivity contribution in [3.63, 3.8) is 0 Å². The maximum absolute atomic E-state index is 13.9. The molecule has 1 fully saturated rings. The predicted octanol–water partition coefficient (Wildman–Crippen LogP) is 3.76. The molecule has 39 heavy (non-hydrogen) atoms. The van der Waals surface area contributed by atoms with Crippen LogP contribution in [-0.2, 0) is 14.3 Å². The van der Waals surface area contributed by atoms with Crippen LogP contribution in [0.25, 0.3) is 16.5 Å². The summed E-state index contributed by atoms with van der Waals surface area (Å²) in [7, 11) is 1.54. The first-order chi connectivity index (χ1) is 18.8. The lowest BCUT2D eigenvalue weighted by molar-refractivity contribution is -0.122. The molecule has 0 aliphatic carbocycles. The molecule has 1 aliphatic heterocycles. The van der Waals surface area contributed by atoms with Crippen molar-refractivity contribution in [2.75, 3.05) is 30.5 Å². The molecule has 2 amide bonds. The number of rotatable bonds is 7. The fourth-order valence-corrected chi connectivity index (χ4v) is 5.32. The van der Waals surface area contributed by atoms with E-state index in [1.807, 2.05) is 0 Å². The van der Waals surface area contributed by atoms with Gasteiger partial charge in [-0.3, -0.25) is 14.4 Å². The highest BCUT2D eigenvalue weighted by Gasteiger charge is 2.36. The van der Waals surface area contributed by atoms with Gasteiger partial charge in [-0.1, -0.05) is 6.07 Å². The van der Waals surface area contributed by atoms with E-state index in [2.05, 4.69) is 10.4 Å². The molecule has 0 spiro atoms. The van der Waals surface area contributed by atoms with Crippen LogP contribution in [0.15, 0.2) is 58.7 Å². The molecule has 1 atom stereocenters. The topological polar surface area (TPSA) is 120 Å². The van der Waals surface area contributed by atoms with Gasteiger partial charge in [0, 0.05) is 29.4 Å². The minimum absolute atomic E-state index is 0.00960. The number of hydrogen-bond donors (Lipinski definition) is 1. The van der Waals surface area contributed by atoms with Crippen LogP contribution >= 0.6 is 11.3 Å². The van der Waals surface area contributed by atoms with E-state index in [4.69, 9.17) is 9.47 Å². The number of amides is 2. The van der Waals surface area contributed by atoms with Crippen molar-refractivity contribution >= 4 is 50.6 Å². The largest absolute Gasteiger partial charge is 0.497 e. The van der Waals surface area contributed by atoms with E-state index in [-0.39, 0.29) is 52.6 Å². The van der Waals surface area contributed by atoms with E-state index < -0.39 is 29.2 Å². The first-order valence-corrected chi connectivity index (χ1v) is 12.9. The summed E-state index contributed by atoms with van der Waals surface area (Å²) in [5.41, 5.74) is -0.0509. The maximum atomic E-state index is 13.9. The van der Waals surface area contributed by atoms with Gasteiger partial charge in [0.25, 0.3) is 5.56 Å². The summed E-state index contributed by atoms with van der Waals surface area (Å²) in [4.78, 5) is 53.7. The SMILES string of the molecule is CCOC(=O)c1nn(-c2cccc(F)c2)c(=O)c2c(NC(=O)C3CC(=O)N(c4ccc(OC)cc4)C3)scc12. The fourth-order valence-electron chi connectivity index (χ4n) is 4.38. The van der Waals surface area contributed by atoms with Crippen molar-refractivity contribution in [3.05, 3.63) is 75.8 Å². The van der Waals surface area contributed by atoms with Gasteiger partial charge >= 0.3 is 5.97 Å². The number of nitrogens with zero attached hydrogens (tertiary/aromatic N) is 3. The smallest absolute Gasteiger partial charge is 0.359 e. The summed E-state index contributed by atoms with van der Waals surface area (Å²) >= 11 is 1.04. The number of methoxy groups -OCH3 is 1. The molecule has 10 nitrogen and oxygen atoms in total. The number of ether oxygens (including phenoxy) is 2. The molecule has 1 aliphatic rings. The third-order valence-electron chi connectivity index (χ3n) is 6.29. The highest BCUT2D eigenvalue weighted by Crippen LogP contribution is 2.33. The Morgan fingerprint density at radius 3 is 2.62 bits per heavy atom. The van der Waals surface area contributed by atoms with E-state index in [9.17, 15) is 23.6 Å². The number of benzene rings is 2. The number of fused-ring (bicyclic) bond motifs is 1. The van der Waals surface area contributed by atoms with Crippen molar-refractivity contribution in [2.24, 2.45) is 5.92 Å². The normalized spacial score (nSPS) is 15.0. The summed E-state index contributed by atoms with van der Waals surface area (Å²) in [5, 5.41) is 8.88. The number of hydrogen-bond acceptors (Lipinski definition) is 8. The Hall–Kier alpha value is -4.58. The van der Waals surface area contributed by atoms with Crippen LogP contribution in [0, 0.1) is 11.7 Å². The van der Waals surface area contributed by atoms with Crippen LogP contribution in [0.1, 0.15) is 23.8 Å². The zero-order valence-electron chi connectivity index (χ0n) is 21.0. The molecule has 3 heterocycles. The van der Waals surface area contributed by atoms with E-state index in [0.717, 1.165) is 22.1 Å². The molecule has 12 heteroatoms. The molecular formula is C27H23FN4O6S. The Bertz CT molecular complexity index is 1650. The van der Waals surface area contributed by atoms with E-state index in [1.165, 1.54) is 28.5 Å². The molecule has 2 aromatic heterocycles. The standard InChI is InChI=1S/C27H23FN4O6S/c1-3-38-27(36)23-20-14-39-25(22(20)26(35)32(30-23)18-6-4-5-16(28)12-18)29-24(34)15-11-21(33)31(13-15)17-7-9-19(37-2)10-8-17/h4-10,12,14-15H,3,11,13H2,1-2H3,(H,29,34). The third kappa shape index (κ3) is 4.98. The second-order valence-corrected chi connectivity index (χ2v) is 9.59. The Labute approximate surface area is 225 Å². The van der Waals surface area contributed by atoms with Crippen molar-refractivity contribution in [3.8, 4) is 11.4 Å². The average molecular weight is 551 g/mol. The fraction of sp³-hybridized carbons (Fsp3) is 0.222. The van der Waals surface area contributed by atoms with Gasteiger partial charge in [0.2, 0.25) is 11.8 Å². The van der Waals surface area contributed by atoms with E-state index >= 15 is 0 Å². The second kappa shape index (κ2) is 10.7. The van der Waals surface area contributed by atoms with E-state index in [1.54, 1.807) is 38.3 Å². The Morgan fingerprint density at radius 2 is 1.92 bits per heavy atom. The summed E-state index contributed by atoms with van der Waals surface area (Å²) in [6.07, 6.45) is -0.00960. The van der Waals surface area contributed by atoms with Crippen molar-refractivity contribution in [1.82, 2.24) is 9.78 Å². The summed E-state index contributed by atoms with van der Waals surface area (Å²) < 4.78 is 25.1. The van der Waals surface area contributed by atoms with Crippen LogP contribution in [0.3, 0.4) is 0 Å². The van der Waals surface area contributed by atoms with Crippen LogP contribution in [0.5, 0.6) is 5.75 Å². The summed E-state index contributed by atoms with van der Waals surface area (Å²) in [6.45, 7) is 1.87. The number of esters is 1. The van der Waals surface area contributed by atoms with Gasteiger partial charge < -0.3 is 19.7 Å². The number of aromatic nitrogens is 2. The van der Waals surface area contributed by atoms with E-state index in [0.29, 0.717) is 11.4 Å². The molecule has 2 aromatic carbocycles. The van der Waals surface area contributed by atoms with Crippen molar-refractivity contribution in [1.29, 1.82) is 0 Å². The lowest BCUT2D eigenvalue weighted by atomic mass is 10.1. The number of anilines is 2. The Morgan fingerprint density at radius 1 is 1.15 bits per heavy atom. The molecule has 0 radical (unpaired) electrons. The monoisotopic (exact) mass is 550 g/mol. The molecule has 1 N–H and O–H groups in total. The molecule has 0 bridgehead atoms. The van der Waals surface area contributed by atoms with Gasteiger partial charge in [0.1, 0.15) is 16.6 Å². The number of carbonyl (C=O) groups is 3. The predicted molar refractivity (Wildman–Crippen MR) is 143 cm³/mol. The molecule has 1 unspecified atom stereocenters. The van der Waals surface area contributed by atoms with Gasteiger partial charge in [-0.15, -0.1) is 11.3 Å².